The zero-order chi connectivity index (χ0) is 13.7. The first-order chi connectivity index (χ1) is 9.16. The van der Waals surface area contributed by atoms with Crippen LogP contribution >= 0.6 is 11.3 Å². The lowest BCUT2D eigenvalue weighted by Gasteiger charge is -2.12. The Bertz CT molecular complexity index is 534. The second-order valence-electron chi connectivity index (χ2n) is 4.00. The summed E-state index contributed by atoms with van der Waals surface area (Å²) in [5.41, 5.74) is 0.402. The van der Waals surface area contributed by atoms with E-state index in [1.165, 1.54) is 12.5 Å². The smallest absolute Gasteiger partial charge is 0.254 e. The van der Waals surface area contributed by atoms with Crippen LogP contribution in [0.5, 0.6) is 0 Å². The van der Waals surface area contributed by atoms with Crippen molar-refractivity contribution < 1.29 is 14.0 Å². The topological polar surface area (TPSA) is 71.3 Å². The summed E-state index contributed by atoms with van der Waals surface area (Å²) in [5, 5.41) is 7.30. The number of carbonyl (C=O) groups excluding carboxylic acids is 2. The van der Waals surface area contributed by atoms with Gasteiger partial charge in [0.25, 0.3) is 5.91 Å². The number of hydrogen-bond acceptors (Lipinski definition) is 4. The summed E-state index contributed by atoms with van der Waals surface area (Å²) in [7, 11) is 0. The Hall–Kier alpha value is -2.08. The van der Waals surface area contributed by atoms with Crippen LogP contribution in [0.15, 0.2) is 40.5 Å². The highest BCUT2D eigenvalue weighted by molar-refractivity contribution is 7.10. The van der Waals surface area contributed by atoms with Crippen LogP contribution < -0.4 is 10.6 Å². The van der Waals surface area contributed by atoms with E-state index >= 15 is 0 Å². The van der Waals surface area contributed by atoms with Crippen molar-refractivity contribution in [3.63, 3.8) is 0 Å². The molecule has 0 saturated heterocycles. The van der Waals surface area contributed by atoms with E-state index in [2.05, 4.69) is 10.6 Å². The van der Waals surface area contributed by atoms with Crippen molar-refractivity contribution >= 4 is 23.2 Å². The highest BCUT2D eigenvalue weighted by Crippen LogP contribution is 2.17. The van der Waals surface area contributed by atoms with E-state index in [4.69, 9.17) is 4.42 Å². The molecular formula is C13H14N2O3S. The van der Waals surface area contributed by atoms with Gasteiger partial charge in [-0.05, 0) is 24.4 Å². The molecule has 5 nitrogen and oxygen atoms in total. The molecule has 0 saturated carbocycles. The Morgan fingerprint density at radius 2 is 2.26 bits per heavy atom. The van der Waals surface area contributed by atoms with Gasteiger partial charge in [-0.25, -0.2) is 0 Å². The molecule has 2 aromatic rings. The van der Waals surface area contributed by atoms with Gasteiger partial charge in [0.1, 0.15) is 6.26 Å². The number of amides is 2. The van der Waals surface area contributed by atoms with Crippen molar-refractivity contribution in [1.29, 1.82) is 0 Å². The van der Waals surface area contributed by atoms with Crippen molar-refractivity contribution in [2.75, 3.05) is 6.54 Å². The Kier molecular flexibility index (Phi) is 4.35. The molecule has 2 aromatic heterocycles. The summed E-state index contributed by atoms with van der Waals surface area (Å²) in [4.78, 5) is 24.3. The molecule has 0 aliphatic heterocycles. The maximum absolute atomic E-state index is 11.7. The minimum absolute atomic E-state index is 0.0558. The van der Waals surface area contributed by atoms with Gasteiger partial charge in [-0.1, -0.05) is 6.07 Å². The summed E-state index contributed by atoms with van der Waals surface area (Å²) < 4.78 is 4.80. The summed E-state index contributed by atoms with van der Waals surface area (Å²) in [5.74, 6) is -0.551. The molecular weight excluding hydrogens is 264 g/mol. The summed E-state index contributed by atoms with van der Waals surface area (Å²) in [6.45, 7) is 1.85. The highest BCUT2D eigenvalue weighted by Gasteiger charge is 2.12. The largest absolute Gasteiger partial charge is 0.472 e. The van der Waals surface area contributed by atoms with Crippen LogP contribution in [0.3, 0.4) is 0 Å². The van der Waals surface area contributed by atoms with E-state index < -0.39 is 0 Å². The van der Waals surface area contributed by atoms with Crippen LogP contribution in [-0.2, 0) is 4.79 Å². The molecule has 0 spiro atoms. The van der Waals surface area contributed by atoms with E-state index in [0.717, 1.165) is 4.88 Å². The van der Waals surface area contributed by atoms with Crippen molar-refractivity contribution in [1.82, 2.24) is 10.6 Å². The minimum Gasteiger partial charge on any atom is -0.472 e. The maximum Gasteiger partial charge on any atom is 0.254 e. The Labute approximate surface area is 114 Å². The van der Waals surface area contributed by atoms with Gasteiger partial charge in [0, 0.05) is 4.88 Å². The SMILES string of the molecule is CC(NC(=O)CNC(=O)c1ccoc1)c1cccs1. The summed E-state index contributed by atoms with van der Waals surface area (Å²) in [6.07, 6.45) is 2.75. The minimum atomic E-state index is -0.326. The predicted molar refractivity (Wildman–Crippen MR) is 71.9 cm³/mol. The fourth-order valence-electron chi connectivity index (χ4n) is 1.56. The molecule has 1 unspecified atom stereocenters. The van der Waals surface area contributed by atoms with Crippen molar-refractivity contribution in [2.45, 2.75) is 13.0 Å². The van der Waals surface area contributed by atoms with E-state index in [1.54, 1.807) is 17.4 Å². The molecule has 0 aliphatic rings. The standard InChI is InChI=1S/C13H14N2O3S/c1-9(11-3-2-6-19-11)15-12(16)7-14-13(17)10-4-5-18-8-10/h2-6,8-9H,7H2,1H3,(H,14,17)(H,15,16). The molecule has 2 heterocycles. The van der Waals surface area contributed by atoms with Gasteiger partial charge < -0.3 is 15.1 Å². The predicted octanol–water partition coefficient (Wildman–Crippen LogP) is 1.95. The first-order valence-corrected chi connectivity index (χ1v) is 6.68. The zero-order valence-corrected chi connectivity index (χ0v) is 11.2. The van der Waals surface area contributed by atoms with Gasteiger partial charge in [-0.2, -0.15) is 0 Å². The molecule has 0 aromatic carbocycles. The molecule has 2 amide bonds. The van der Waals surface area contributed by atoms with Gasteiger partial charge in [0.15, 0.2) is 0 Å². The van der Waals surface area contributed by atoms with Crippen molar-refractivity contribution in [2.24, 2.45) is 0 Å². The Morgan fingerprint density at radius 1 is 1.42 bits per heavy atom. The van der Waals surface area contributed by atoms with Crippen LogP contribution in [0.4, 0.5) is 0 Å². The number of nitrogens with one attached hydrogen (secondary N) is 2. The monoisotopic (exact) mass is 278 g/mol. The van der Waals surface area contributed by atoms with Gasteiger partial charge >= 0.3 is 0 Å². The lowest BCUT2D eigenvalue weighted by atomic mass is 10.2. The average Bonchev–Trinajstić information content (AvgIpc) is 3.07. The molecule has 0 aliphatic carbocycles. The van der Waals surface area contributed by atoms with Crippen molar-refractivity contribution in [3.05, 3.63) is 46.5 Å². The maximum atomic E-state index is 11.7. The van der Waals surface area contributed by atoms with Crippen molar-refractivity contribution in [3.8, 4) is 0 Å². The first-order valence-electron chi connectivity index (χ1n) is 5.80. The highest BCUT2D eigenvalue weighted by atomic mass is 32.1. The summed E-state index contributed by atoms with van der Waals surface area (Å²) in [6, 6.07) is 5.38. The van der Waals surface area contributed by atoms with Crippen LogP contribution in [0.1, 0.15) is 28.2 Å². The number of furan rings is 1. The van der Waals surface area contributed by atoms with Gasteiger partial charge in [0.2, 0.25) is 5.91 Å². The number of rotatable bonds is 5. The van der Waals surface area contributed by atoms with Gasteiger partial charge in [-0.3, -0.25) is 9.59 Å². The molecule has 100 valence electrons. The second-order valence-corrected chi connectivity index (χ2v) is 4.98. The molecule has 19 heavy (non-hydrogen) atoms. The molecule has 0 bridgehead atoms. The van der Waals surface area contributed by atoms with E-state index in [9.17, 15) is 9.59 Å². The third kappa shape index (κ3) is 3.69. The van der Waals surface area contributed by atoms with Gasteiger partial charge in [0.05, 0.1) is 24.4 Å². The molecule has 6 heteroatoms. The number of thiophene rings is 1. The average molecular weight is 278 g/mol. The molecule has 2 N–H and O–H groups in total. The Morgan fingerprint density at radius 3 is 2.89 bits per heavy atom. The third-order valence-corrected chi connectivity index (χ3v) is 3.60. The molecule has 0 fully saturated rings. The quantitative estimate of drug-likeness (QED) is 0.878. The third-order valence-electron chi connectivity index (χ3n) is 2.54. The van der Waals surface area contributed by atoms with Crippen LogP contribution in [0.25, 0.3) is 0 Å². The lowest BCUT2D eigenvalue weighted by Crippen LogP contribution is -2.37. The fraction of sp³-hybridized carbons (Fsp3) is 0.231. The van der Waals surface area contributed by atoms with Crippen LogP contribution in [0, 0.1) is 0 Å². The Balaban J connectivity index is 1.77. The van der Waals surface area contributed by atoms with Crippen LogP contribution in [-0.4, -0.2) is 18.4 Å². The molecule has 0 radical (unpaired) electrons. The summed E-state index contributed by atoms with van der Waals surface area (Å²) >= 11 is 1.58. The van der Waals surface area contributed by atoms with Gasteiger partial charge in [-0.15, -0.1) is 11.3 Å². The first kappa shape index (κ1) is 13.4. The number of carbonyl (C=O) groups is 2. The van der Waals surface area contributed by atoms with E-state index in [0.29, 0.717) is 5.56 Å². The van der Waals surface area contributed by atoms with Crippen LogP contribution in [0.2, 0.25) is 0 Å². The fourth-order valence-corrected chi connectivity index (χ4v) is 2.29. The normalized spacial score (nSPS) is 11.8. The zero-order valence-electron chi connectivity index (χ0n) is 10.4. The lowest BCUT2D eigenvalue weighted by molar-refractivity contribution is -0.120. The number of hydrogen-bond donors (Lipinski definition) is 2. The van der Waals surface area contributed by atoms with E-state index in [-0.39, 0.29) is 24.4 Å². The second kappa shape index (κ2) is 6.19. The molecule has 1 atom stereocenters. The molecule has 2 rings (SSSR count). The van der Waals surface area contributed by atoms with E-state index in [1.807, 2.05) is 24.4 Å².